The van der Waals surface area contributed by atoms with E-state index in [9.17, 15) is 18.8 Å². The number of imide groups is 1. The number of amides is 4. The maximum atomic E-state index is 13.8. The van der Waals surface area contributed by atoms with Crippen molar-refractivity contribution >= 4 is 17.8 Å². The predicted molar refractivity (Wildman–Crippen MR) is 75.9 cm³/mol. The topological polar surface area (TPSA) is 87.7 Å². The quantitative estimate of drug-likeness (QED) is 0.607. The van der Waals surface area contributed by atoms with Gasteiger partial charge in [-0.25, -0.2) is 9.18 Å². The van der Waals surface area contributed by atoms with Crippen LogP contribution in [-0.4, -0.2) is 41.9 Å². The van der Waals surface area contributed by atoms with Crippen LogP contribution in [0.4, 0.5) is 9.18 Å². The number of methoxy groups -OCH3 is 1. The summed E-state index contributed by atoms with van der Waals surface area (Å²) in [5.41, 5.74) is -0.886. The smallest absolute Gasteiger partial charge is 0.323 e. The van der Waals surface area contributed by atoms with E-state index in [2.05, 4.69) is 11.2 Å². The molecule has 0 saturated carbocycles. The van der Waals surface area contributed by atoms with Crippen molar-refractivity contribution in [1.82, 2.24) is 15.5 Å². The Bertz CT molecular complexity index is 786. The summed E-state index contributed by atoms with van der Waals surface area (Å²) in [5.74, 6) is 0.490. The molecule has 0 unspecified atom stereocenters. The molecule has 23 heavy (non-hydrogen) atoms. The van der Waals surface area contributed by atoms with E-state index in [0.29, 0.717) is 5.56 Å². The molecule has 3 rings (SSSR count). The van der Waals surface area contributed by atoms with Gasteiger partial charge in [0.25, 0.3) is 11.8 Å². The predicted octanol–water partition coefficient (Wildman–Crippen LogP) is 0.00150. The number of terminal acetylenes is 1. The van der Waals surface area contributed by atoms with Crippen molar-refractivity contribution in [3.05, 3.63) is 29.1 Å². The summed E-state index contributed by atoms with van der Waals surface area (Å²) in [4.78, 5) is 37.0. The number of benzene rings is 1. The molecule has 1 atom stereocenters. The molecule has 0 spiro atoms. The highest BCUT2D eigenvalue weighted by atomic mass is 19.1. The third-order valence-electron chi connectivity index (χ3n) is 3.87. The summed E-state index contributed by atoms with van der Waals surface area (Å²) in [7, 11) is 1.30. The van der Waals surface area contributed by atoms with E-state index in [1.807, 2.05) is 5.32 Å². The van der Waals surface area contributed by atoms with Gasteiger partial charge in [-0.1, -0.05) is 5.92 Å². The highest BCUT2D eigenvalue weighted by Crippen LogP contribution is 2.30. The summed E-state index contributed by atoms with van der Waals surface area (Å²) in [6.07, 6.45) is 5.38. The molecule has 2 N–H and O–H groups in total. The maximum absolute atomic E-state index is 13.8. The van der Waals surface area contributed by atoms with E-state index >= 15 is 0 Å². The van der Waals surface area contributed by atoms with Crippen LogP contribution in [0.3, 0.4) is 0 Å². The number of carbonyl (C=O) groups excluding carboxylic acids is 3. The Morgan fingerprint density at radius 3 is 2.74 bits per heavy atom. The number of fused-ring (bicyclic) bond motifs is 1. The fourth-order valence-corrected chi connectivity index (χ4v) is 2.69. The Kier molecular flexibility index (Phi) is 3.21. The van der Waals surface area contributed by atoms with Crippen LogP contribution in [0.25, 0.3) is 0 Å². The molecular weight excluding hydrogens is 305 g/mol. The summed E-state index contributed by atoms with van der Waals surface area (Å²) in [6.45, 7) is -0.125. The summed E-state index contributed by atoms with van der Waals surface area (Å²) < 4.78 is 18.6. The number of hydrogen-bond donors (Lipinski definition) is 2. The first-order chi connectivity index (χ1) is 10.9. The lowest BCUT2D eigenvalue weighted by Gasteiger charge is -2.26. The molecule has 8 heteroatoms. The summed E-state index contributed by atoms with van der Waals surface area (Å²) in [5, 5.41) is 4.39. The van der Waals surface area contributed by atoms with E-state index in [1.165, 1.54) is 24.1 Å². The SMILES string of the molecule is C#C[C@]1(CN2Cc3cc(F)c(OC)cc3C2=O)NC(=O)NC1=O. The number of ether oxygens (including phenoxy) is 1. The zero-order chi connectivity index (χ0) is 16.8. The van der Waals surface area contributed by atoms with E-state index in [-0.39, 0.29) is 24.4 Å². The monoisotopic (exact) mass is 317 g/mol. The molecule has 2 heterocycles. The van der Waals surface area contributed by atoms with Crippen LogP contribution in [0.5, 0.6) is 5.75 Å². The van der Waals surface area contributed by atoms with Crippen LogP contribution in [0.2, 0.25) is 0 Å². The van der Waals surface area contributed by atoms with Gasteiger partial charge in [-0.2, -0.15) is 0 Å². The van der Waals surface area contributed by atoms with Gasteiger partial charge < -0.3 is 15.0 Å². The van der Waals surface area contributed by atoms with E-state index < -0.39 is 29.2 Å². The number of nitrogens with zero attached hydrogens (tertiary/aromatic N) is 1. The zero-order valence-electron chi connectivity index (χ0n) is 12.1. The number of rotatable bonds is 3. The molecule has 0 aliphatic carbocycles. The van der Waals surface area contributed by atoms with E-state index in [1.54, 1.807) is 0 Å². The molecule has 1 saturated heterocycles. The normalized spacial score (nSPS) is 22.5. The first-order valence-electron chi connectivity index (χ1n) is 6.67. The lowest BCUT2D eigenvalue weighted by Crippen LogP contribution is -2.54. The van der Waals surface area contributed by atoms with Crippen molar-refractivity contribution in [3.63, 3.8) is 0 Å². The Labute approximate surface area is 130 Å². The second-order valence-corrected chi connectivity index (χ2v) is 5.26. The minimum absolute atomic E-state index is 0.0440. The molecule has 0 aromatic heterocycles. The van der Waals surface area contributed by atoms with Crippen molar-refractivity contribution < 1.29 is 23.5 Å². The van der Waals surface area contributed by atoms with E-state index in [4.69, 9.17) is 11.2 Å². The lowest BCUT2D eigenvalue weighted by molar-refractivity contribution is -0.122. The van der Waals surface area contributed by atoms with Gasteiger partial charge in [-0.05, 0) is 17.7 Å². The maximum Gasteiger partial charge on any atom is 0.323 e. The second-order valence-electron chi connectivity index (χ2n) is 5.26. The van der Waals surface area contributed by atoms with Gasteiger partial charge in [0.05, 0.1) is 13.7 Å². The van der Waals surface area contributed by atoms with Crippen LogP contribution >= 0.6 is 0 Å². The van der Waals surface area contributed by atoms with Crippen LogP contribution in [-0.2, 0) is 11.3 Å². The van der Waals surface area contributed by atoms with Gasteiger partial charge in [-0.3, -0.25) is 14.9 Å². The zero-order valence-corrected chi connectivity index (χ0v) is 12.1. The number of carbonyl (C=O) groups is 3. The summed E-state index contributed by atoms with van der Waals surface area (Å²) >= 11 is 0. The van der Waals surface area contributed by atoms with Crippen LogP contribution in [0, 0.1) is 18.2 Å². The minimum Gasteiger partial charge on any atom is -0.494 e. The third kappa shape index (κ3) is 2.17. The van der Waals surface area contributed by atoms with Gasteiger partial charge >= 0.3 is 6.03 Å². The number of nitrogens with one attached hydrogen (secondary N) is 2. The standard InChI is InChI=1S/C15H12FN3O4/c1-3-15(13(21)17-14(22)18-15)7-19-6-8-4-10(16)11(23-2)5-9(8)12(19)20/h1,4-5H,6-7H2,2H3,(H2,17,18,21,22)/t15-/m1/s1. The van der Waals surface area contributed by atoms with Crippen LogP contribution in [0.15, 0.2) is 12.1 Å². The molecule has 1 fully saturated rings. The molecule has 1 aromatic carbocycles. The van der Waals surface area contributed by atoms with Gasteiger partial charge in [0.2, 0.25) is 0 Å². The number of halogens is 1. The molecule has 2 aliphatic heterocycles. The summed E-state index contributed by atoms with van der Waals surface area (Å²) in [6, 6.07) is 1.80. The first kappa shape index (κ1) is 14.8. The Hall–Kier alpha value is -3.08. The molecule has 2 aliphatic rings. The van der Waals surface area contributed by atoms with Gasteiger partial charge in [0.15, 0.2) is 17.1 Å². The molecule has 1 aromatic rings. The fourth-order valence-electron chi connectivity index (χ4n) is 2.69. The molecule has 7 nitrogen and oxygen atoms in total. The molecule has 4 amide bonds. The highest BCUT2D eigenvalue weighted by molar-refractivity contribution is 6.10. The van der Waals surface area contributed by atoms with Gasteiger partial charge in [-0.15, -0.1) is 6.42 Å². The highest BCUT2D eigenvalue weighted by Gasteiger charge is 2.48. The van der Waals surface area contributed by atoms with Crippen molar-refractivity contribution in [3.8, 4) is 18.1 Å². The fraction of sp³-hybridized carbons (Fsp3) is 0.267. The van der Waals surface area contributed by atoms with Crippen molar-refractivity contribution in [2.45, 2.75) is 12.1 Å². The number of hydrogen-bond acceptors (Lipinski definition) is 4. The van der Waals surface area contributed by atoms with Gasteiger partial charge in [0.1, 0.15) is 0 Å². The van der Waals surface area contributed by atoms with Crippen molar-refractivity contribution in [2.75, 3.05) is 13.7 Å². The Morgan fingerprint density at radius 1 is 1.43 bits per heavy atom. The Morgan fingerprint density at radius 2 is 2.17 bits per heavy atom. The number of urea groups is 1. The Balaban J connectivity index is 1.90. The van der Waals surface area contributed by atoms with Crippen LogP contribution < -0.4 is 15.4 Å². The van der Waals surface area contributed by atoms with Crippen LogP contribution in [0.1, 0.15) is 15.9 Å². The molecule has 118 valence electrons. The first-order valence-corrected chi connectivity index (χ1v) is 6.67. The average Bonchev–Trinajstić information content (AvgIpc) is 2.96. The molecular formula is C15H12FN3O4. The van der Waals surface area contributed by atoms with E-state index in [0.717, 1.165) is 0 Å². The van der Waals surface area contributed by atoms with Gasteiger partial charge in [0, 0.05) is 12.1 Å². The largest absolute Gasteiger partial charge is 0.494 e. The molecule has 0 bridgehead atoms. The second kappa shape index (κ2) is 4.98. The molecule has 0 radical (unpaired) electrons. The minimum atomic E-state index is -1.63. The third-order valence-corrected chi connectivity index (χ3v) is 3.87. The van der Waals surface area contributed by atoms with Crippen molar-refractivity contribution in [2.24, 2.45) is 0 Å². The average molecular weight is 317 g/mol. The lowest BCUT2D eigenvalue weighted by atomic mass is 10.0. The van der Waals surface area contributed by atoms with Crippen molar-refractivity contribution in [1.29, 1.82) is 0 Å².